The first kappa shape index (κ1) is 16.8. The SMILES string of the molecule is C[Si](C)(c1ccccc1)C1CC1Cc1cc2ccccc2c2ccccc12. The van der Waals surface area contributed by atoms with E-state index in [9.17, 15) is 0 Å². The number of rotatable bonds is 4. The third-order valence-electron chi connectivity index (χ3n) is 6.70. The van der Waals surface area contributed by atoms with Gasteiger partial charge in [-0.05, 0) is 51.4 Å². The van der Waals surface area contributed by atoms with Crippen molar-refractivity contribution in [3.8, 4) is 0 Å². The fourth-order valence-electron chi connectivity index (χ4n) is 5.02. The summed E-state index contributed by atoms with van der Waals surface area (Å²) in [7, 11) is -1.38. The molecule has 0 aromatic heterocycles. The molecule has 0 amide bonds. The molecule has 1 aliphatic carbocycles. The van der Waals surface area contributed by atoms with Crippen molar-refractivity contribution in [3.05, 3.63) is 90.5 Å². The molecule has 0 aliphatic heterocycles. The Morgan fingerprint density at radius 2 is 1.37 bits per heavy atom. The number of benzene rings is 4. The van der Waals surface area contributed by atoms with E-state index in [1.807, 2.05) is 0 Å². The van der Waals surface area contributed by atoms with Crippen LogP contribution in [-0.4, -0.2) is 8.07 Å². The Hall–Kier alpha value is -2.38. The van der Waals surface area contributed by atoms with Gasteiger partial charge in [0.25, 0.3) is 0 Å². The molecule has 0 saturated heterocycles. The monoisotopic (exact) mass is 366 g/mol. The van der Waals surface area contributed by atoms with E-state index in [0.29, 0.717) is 0 Å². The topological polar surface area (TPSA) is 0 Å². The van der Waals surface area contributed by atoms with Crippen LogP contribution < -0.4 is 5.19 Å². The van der Waals surface area contributed by atoms with Gasteiger partial charge < -0.3 is 0 Å². The van der Waals surface area contributed by atoms with Crippen molar-refractivity contribution in [3.63, 3.8) is 0 Å². The molecule has 1 heteroatoms. The second-order valence-electron chi connectivity index (χ2n) is 8.70. The summed E-state index contributed by atoms with van der Waals surface area (Å²) in [5.74, 6) is 0.844. The van der Waals surface area contributed by atoms with Gasteiger partial charge in [-0.3, -0.25) is 0 Å². The van der Waals surface area contributed by atoms with Gasteiger partial charge in [-0.1, -0.05) is 103 Å². The quantitative estimate of drug-likeness (QED) is 0.284. The molecule has 2 unspecified atom stereocenters. The predicted molar refractivity (Wildman–Crippen MR) is 121 cm³/mol. The summed E-state index contributed by atoms with van der Waals surface area (Å²) in [6, 6.07) is 31.5. The zero-order valence-corrected chi connectivity index (χ0v) is 17.2. The van der Waals surface area contributed by atoms with Gasteiger partial charge >= 0.3 is 0 Å². The molecule has 0 spiro atoms. The summed E-state index contributed by atoms with van der Waals surface area (Å²) in [4.78, 5) is 0. The van der Waals surface area contributed by atoms with E-state index in [4.69, 9.17) is 0 Å². The van der Waals surface area contributed by atoms with Crippen molar-refractivity contribution in [1.29, 1.82) is 0 Å². The maximum atomic E-state index is 2.56. The minimum Gasteiger partial charge on any atom is -0.0652 e. The van der Waals surface area contributed by atoms with Crippen LogP contribution in [0.15, 0.2) is 84.9 Å². The van der Waals surface area contributed by atoms with Gasteiger partial charge in [-0.15, -0.1) is 0 Å². The standard InChI is InChI=1S/C26H26Si/c1-27(2,22-11-4-3-5-12-22)26-18-21(26)17-20-16-19-10-6-7-13-23(19)25-15-9-8-14-24(20)25/h3-16,21,26H,17-18H2,1-2H3. The summed E-state index contributed by atoms with van der Waals surface area (Å²) in [5.41, 5.74) is 2.44. The average Bonchev–Trinajstić information content (AvgIpc) is 3.49. The highest BCUT2D eigenvalue weighted by Gasteiger charge is 2.49. The van der Waals surface area contributed by atoms with Crippen LogP contribution in [0.2, 0.25) is 18.6 Å². The Labute approximate surface area is 162 Å². The number of hydrogen-bond acceptors (Lipinski definition) is 0. The van der Waals surface area contributed by atoms with Crippen LogP contribution in [0.1, 0.15) is 12.0 Å². The van der Waals surface area contributed by atoms with E-state index >= 15 is 0 Å². The largest absolute Gasteiger partial charge is 0.0839 e. The van der Waals surface area contributed by atoms with E-state index in [2.05, 4.69) is 98.0 Å². The molecule has 134 valence electrons. The Morgan fingerprint density at radius 1 is 0.741 bits per heavy atom. The Balaban J connectivity index is 1.49. The molecule has 1 saturated carbocycles. The van der Waals surface area contributed by atoms with E-state index in [1.54, 1.807) is 5.19 Å². The second-order valence-corrected chi connectivity index (χ2v) is 13.5. The van der Waals surface area contributed by atoms with Crippen molar-refractivity contribution in [1.82, 2.24) is 0 Å². The van der Waals surface area contributed by atoms with Gasteiger partial charge in [0.15, 0.2) is 0 Å². The van der Waals surface area contributed by atoms with Crippen LogP contribution in [0, 0.1) is 5.92 Å². The first-order valence-corrected chi connectivity index (χ1v) is 13.2. The minimum absolute atomic E-state index is 0.844. The Bertz CT molecular complexity index is 1110. The summed E-state index contributed by atoms with van der Waals surface area (Å²) < 4.78 is 0. The number of hydrogen-bond donors (Lipinski definition) is 0. The van der Waals surface area contributed by atoms with E-state index in [-0.39, 0.29) is 0 Å². The normalized spacial score (nSPS) is 19.5. The molecule has 0 heterocycles. The predicted octanol–water partition coefficient (Wildman–Crippen LogP) is 6.54. The average molecular weight is 367 g/mol. The summed E-state index contributed by atoms with van der Waals surface area (Å²) in [6.07, 6.45) is 2.62. The molecular weight excluding hydrogens is 340 g/mol. The summed E-state index contributed by atoms with van der Waals surface area (Å²) in [5, 5.41) is 7.22. The molecule has 27 heavy (non-hydrogen) atoms. The maximum absolute atomic E-state index is 2.56. The molecule has 0 bridgehead atoms. The molecule has 1 fully saturated rings. The minimum atomic E-state index is -1.38. The van der Waals surface area contributed by atoms with E-state index < -0.39 is 8.07 Å². The van der Waals surface area contributed by atoms with Crippen molar-refractivity contribution in [2.24, 2.45) is 5.92 Å². The third-order valence-corrected chi connectivity index (χ3v) is 11.1. The second kappa shape index (κ2) is 6.35. The zero-order valence-electron chi connectivity index (χ0n) is 16.2. The molecular formula is C26H26Si. The maximum Gasteiger partial charge on any atom is 0.0839 e. The molecule has 2 atom stereocenters. The van der Waals surface area contributed by atoms with Gasteiger partial charge in [-0.25, -0.2) is 0 Å². The van der Waals surface area contributed by atoms with Crippen molar-refractivity contribution >= 4 is 34.8 Å². The first-order valence-electron chi connectivity index (χ1n) is 10.1. The molecule has 5 rings (SSSR count). The lowest BCUT2D eigenvalue weighted by atomic mass is 9.94. The molecule has 0 radical (unpaired) electrons. The van der Waals surface area contributed by atoms with Gasteiger partial charge in [-0.2, -0.15) is 0 Å². The molecule has 0 N–H and O–H groups in total. The highest BCUT2D eigenvalue weighted by Crippen LogP contribution is 2.53. The van der Waals surface area contributed by atoms with E-state index in [1.165, 1.54) is 39.9 Å². The van der Waals surface area contributed by atoms with Crippen LogP contribution in [0.25, 0.3) is 21.5 Å². The highest BCUT2D eigenvalue weighted by molar-refractivity contribution is 6.91. The van der Waals surface area contributed by atoms with Gasteiger partial charge in [0.1, 0.15) is 0 Å². The third kappa shape index (κ3) is 2.91. The van der Waals surface area contributed by atoms with Gasteiger partial charge in [0, 0.05) is 0 Å². The lowest BCUT2D eigenvalue weighted by Crippen LogP contribution is -2.42. The smallest absolute Gasteiger partial charge is 0.0652 e. The lowest BCUT2D eigenvalue weighted by Gasteiger charge is -2.23. The molecule has 1 aliphatic rings. The fourth-order valence-corrected chi connectivity index (χ4v) is 8.69. The van der Waals surface area contributed by atoms with Crippen LogP contribution in [-0.2, 0) is 6.42 Å². The highest BCUT2D eigenvalue weighted by atomic mass is 28.3. The van der Waals surface area contributed by atoms with Crippen molar-refractivity contribution < 1.29 is 0 Å². The first-order chi connectivity index (χ1) is 13.1. The van der Waals surface area contributed by atoms with Crippen LogP contribution in [0.3, 0.4) is 0 Å². The Morgan fingerprint density at radius 3 is 2.15 bits per heavy atom. The summed E-state index contributed by atoms with van der Waals surface area (Å²) >= 11 is 0. The lowest BCUT2D eigenvalue weighted by molar-refractivity contribution is 0.832. The van der Waals surface area contributed by atoms with Crippen molar-refractivity contribution in [2.45, 2.75) is 31.5 Å². The summed E-state index contributed by atoms with van der Waals surface area (Å²) in [6.45, 7) is 5.12. The van der Waals surface area contributed by atoms with E-state index in [0.717, 1.165) is 11.5 Å². The van der Waals surface area contributed by atoms with Crippen LogP contribution >= 0.6 is 0 Å². The van der Waals surface area contributed by atoms with Gasteiger partial charge in [0.2, 0.25) is 0 Å². The van der Waals surface area contributed by atoms with Gasteiger partial charge in [0.05, 0.1) is 8.07 Å². The molecule has 0 nitrogen and oxygen atoms in total. The Kier molecular flexibility index (Phi) is 3.94. The number of fused-ring (bicyclic) bond motifs is 3. The van der Waals surface area contributed by atoms with Crippen molar-refractivity contribution in [2.75, 3.05) is 0 Å². The molecule has 4 aromatic carbocycles. The molecule has 4 aromatic rings. The fraction of sp³-hybridized carbons (Fsp3) is 0.231. The van der Waals surface area contributed by atoms with Crippen LogP contribution in [0.5, 0.6) is 0 Å². The zero-order chi connectivity index (χ0) is 18.4. The van der Waals surface area contributed by atoms with Crippen LogP contribution in [0.4, 0.5) is 0 Å².